The van der Waals surface area contributed by atoms with Gasteiger partial charge >= 0.3 is 0 Å². The Kier molecular flexibility index (Phi) is 4.33. The van der Waals surface area contributed by atoms with Gasteiger partial charge in [-0.15, -0.1) is 0 Å². The molecule has 1 aliphatic heterocycles. The van der Waals surface area contributed by atoms with Crippen molar-refractivity contribution in [3.8, 4) is 0 Å². The highest BCUT2D eigenvalue weighted by Gasteiger charge is 2.42. The van der Waals surface area contributed by atoms with E-state index in [4.69, 9.17) is 0 Å². The van der Waals surface area contributed by atoms with Crippen LogP contribution in [0.1, 0.15) is 16.9 Å². The zero-order valence-corrected chi connectivity index (χ0v) is 12.3. The first-order valence-corrected chi connectivity index (χ1v) is 8.23. The fraction of sp³-hybridized carbons (Fsp3) is 0.636. The Balaban J connectivity index is 2.00. The van der Waals surface area contributed by atoms with Crippen molar-refractivity contribution in [2.45, 2.75) is 18.1 Å². The van der Waals surface area contributed by atoms with Crippen LogP contribution < -0.4 is 4.72 Å². The topological polar surface area (TPSA) is 136 Å². The van der Waals surface area contributed by atoms with Crippen molar-refractivity contribution in [2.75, 3.05) is 25.9 Å². The van der Waals surface area contributed by atoms with Crippen LogP contribution in [-0.4, -0.2) is 77.0 Å². The van der Waals surface area contributed by atoms with Crippen LogP contribution in [-0.2, 0) is 10.0 Å². The molecule has 1 aliphatic rings. The summed E-state index contributed by atoms with van der Waals surface area (Å²) < 4.78 is 24.3. The number of aliphatic hydroxyl groups is 2. The maximum absolute atomic E-state index is 12.1. The number of H-pyrrole nitrogens is 1. The number of carbonyl (C=O) groups is 1. The normalized spacial score (nSPS) is 26.8. The number of carbonyl (C=O) groups excluding carboxylic acids is 1. The molecule has 2 atom stereocenters. The Morgan fingerprint density at radius 2 is 2.38 bits per heavy atom. The van der Waals surface area contributed by atoms with Gasteiger partial charge < -0.3 is 20.1 Å². The molecule has 0 unspecified atom stereocenters. The summed E-state index contributed by atoms with van der Waals surface area (Å²) in [6, 6.07) is 0. The summed E-state index contributed by atoms with van der Waals surface area (Å²) in [6.45, 7) is -0.171. The van der Waals surface area contributed by atoms with Crippen molar-refractivity contribution in [3.63, 3.8) is 0 Å². The first kappa shape index (κ1) is 15.9. The largest absolute Gasteiger partial charge is 0.388 e. The highest BCUT2D eigenvalue weighted by Crippen LogP contribution is 2.23. The maximum Gasteiger partial charge on any atom is 0.272 e. The van der Waals surface area contributed by atoms with Crippen LogP contribution in [0.25, 0.3) is 0 Å². The monoisotopic (exact) mass is 318 g/mol. The number of rotatable bonds is 4. The number of likely N-dealkylation sites (tertiary alicyclic amines) is 1. The van der Waals surface area contributed by atoms with Gasteiger partial charge in [-0.1, -0.05) is 0 Å². The van der Waals surface area contributed by atoms with Gasteiger partial charge in [0.05, 0.1) is 18.8 Å². The summed E-state index contributed by atoms with van der Waals surface area (Å²) in [7, 11) is -3.47. The summed E-state index contributed by atoms with van der Waals surface area (Å²) in [5.41, 5.74) is -1.30. The molecule has 1 amide bonds. The summed E-state index contributed by atoms with van der Waals surface area (Å²) in [5, 5.41) is 20.3. The molecule has 4 N–H and O–H groups in total. The molecule has 0 aliphatic carbocycles. The minimum Gasteiger partial charge on any atom is -0.388 e. The number of aliphatic hydroxyl groups excluding tert-OH is 1. The zero-order chi connectivity index (χ0) is 15.7. The minimum atomic E-state index is -3.47. The minimum absolute atomic E-state index is 0.0660. The number of nitrogens with one attached hydrogen (secondary N) is 2. The van der Waals surface area contributed by atoms with E-state index in [1.54, 1.807) is 0 Å². The number of hydrogen-bond acceptors (Lipinski definition) is 6. The second kappa shape index (κ2) is 5.72. The highest BCUT2D eigenvalue weighted by molar-refractivity contribution is 7.88. The number of sulfonamides is 1. The molecule has 1 aromatic rings. The van der Waals surface area contributed by atoms with Gasteiger partial charge in [0.25, 0.3) is 5.91 Å². The predicted molar refractivity (Wildman–Crippen MR) is 72.9 cm³/mol. The van der Waals surface area contributed by atoms with Crippen LogP contribution in [0.4, 0.5) is 0 Å². The van der Waals surface area contributed by atoms with Crippen LogP contribution in [0.5, 0.6) is 0 Å². The molecule has 1 saturated heterocycles. The molecule has 2 heterocycles. The van der Waals surface area contributed by atoms with E-state index in [0.717, 1.165) is 6.26 Å². The Morgan fingerprint density at radius 1 is 1.67 bits per heavy atom. The van der Waals surface area contributed by atoms with Crippen molar-refractivity contribution in [1.29, 1.82) is 0 Å². The third-order valence-corrected chi connectivity index (χ3v) is 4.15. The summed E-state index contributed by atoms with van der Waals surface area (Å²) >= 11 is 0. The number of hydrogen-bond donors (Lipinski definition) is 4. The number of nitrogens with zero attached hydrogens (tertiary/aromatic N) is 2. The third-order valence-electron chi connectivity index (χ3n) is 3.48. The van der Waals surface area contributed by atoms with E-state index in [-0.39, 0.29) is 32.0 Å². The fourth-order valence-electron chi connectivity index (χ4n) is 2.16. The Hall–Kier alpha value is -1.49. The molecule has 0 radical (unpaired) electrons. The molecule has 0 bridgehead atoms. The molecule has 2 rings (SSSR count). The number of imidazole rings is 1. The van der Waals surface area contributed by atoms with Crippen molar-refractivity contribution in [2.24, 2.45) is 0 Å². The second-order valence-electron chi connectivity index (χ2n) is 5.18. The van der Waals surface area contributed by atoms with Gasteiger partial charge in [-0.25, -0.2) is 18.1 Å². The van der Waals surface area contributed by atoms with E-state index >= 15 is 0 Å². The third kappa shape index (κ3) is 3.79. The Bertz CT molecular complexity index is 602. The number of aromatic nitrogens is 2. The molecule has 9 nitrogen and oxygen atoms in total. The van der Waals surface area contributed by atoms with Crippen LogP contribution in [0.3, 0.4) is 0 Å². The molecule has 1 fully saturated rings. The lowest BCUT2D eigenvalue weighted by Crippen LogP contribution is -2.61. The molecule has 10 heteroatoms. The van der Waals surface area contributed by atoms with Gasteiger partial charge in [-0.05, 0) is 6.42 Å². The van der Waals surface area contributed by atoms with Gasteiger partial charge in [0, 0.05) is 19.6 Å². The average Bonchev–Trinajstić information content (AvgIpc) is 2.92. The van der Waals surface area contributed by atoms with E-state index in [0.29, 0.717) is 5.69 Å². The molecule has 0 spiro atoms. The van der Waals surface area contributed by atoms with E-state index in [9.17, 15) is 23.4 Å². The van der Waals surface area contributed by atoms with Gasteiger partial charge in [0.1, 0.15) is 17.4 Å². The second-order valence-corrected chi connectivity index (χ2v) is 7.01. The van der Waals surface area contributed by atoms with Crippen molar-refractivity contribution in [1.82, 2.24) is 19.6 Å². The lowest BCUT2D eigenvalue weighted by Gasteiger charge is -2.41. The summed E-state index contributed by atoms with van der Waals surface area (Å²) in [5.74, 6) is -0.329. The number of β-amino-alcohol motifs (C(OH)–C–C–N with tert-alkyl or cyclic N) is 1. The van der Waals surface area contributed by atoms with E-state index in [1.165, 1.54) is 17.4 Å². The number of amides is 1. The van der Waals surface area contributed by atoms with E-state index in [2.05, 4.69) is 14.7 Å². The van der Waals surface area contributed by atoms with Gasteiger partial charge in [-0.3, -0.25) is 4.79 Å². The van der Waals surface area contributed by atoms with E-state index < -0.39 is 21.7 Å². The van der Waals surface area contributed by atoms with Crippen molar-refractivity contribution in [3.05, 3.63) is 18.2 Å². The van der Waals surface area contributed by atoms with Crippen LogP contribution in [0.2, 0.25) is 0 Å². The van der Waals surface area contributed by atoms with E-state index in [1.807, 2.05) is 0 Å². The Labute approximate surface area is 122 Å². The standard InChI is InChI=1S/C11H18N4O5S/c1-21(19,20)14-6-11(18)2-3-15(5-9(11)16)10(17)8-4-12-7-13-8/h4,7,9,14,16,18H,2-3,5-6H2,1H3,(H,12,13)/t9-,11-/m1/s1. The van der Waals surface area contributed by atoms with Gasteiger partial charge in [0.2, 0.25) is 10.0 Å². The molecule has 0 aromatic carbocycles. The highest BCUT2D eigenvalue weighted by atomic mass is 32.2. The van der Waals surface area contributed by atoms with Gasteiger partial charge in [0.15, 0.2) is 0 Å². The Morgan fingerprint density at radius 3 is 2.90 bits per heavy atom. The van der Waals surface area contributed by atoms with Crippen LogP contribution in [0, 0.1) is 0 Å². The maximum atomic E-state index is 12.1. The molecule has 0 saturated carbocycles. The SMILES string of the molecule is CS(=O)(=O)NC[C@]1(O)CCN(C(=O)c2cnc[nH]2)C[C@H]1O. The average molecular weight is 318 g/mol. The molecule has 21 heavy (non-hydrogen) atoms. The summed E-state index contributed by atoms with van der Waals surface area (Å²) in [4.78, 5) is 19.9. The van der Waals surface area contributed by atoms with Crippen molar-refractivity contribution < 1.29 is 23.4 Å². The van der Waals surface area contributed by atoms with Gasteiger partial charge in [-0.2, -0.15) is 0 Å². The van der Waals surface area contributed by atoms with Crippen molar-refractivity contribution >= 4 is 15.9 Å². The molecular weight excluding hydrogens is 300 g/mol. The number of aromatic amines is 1. The first-order chi connectivity index (χ1) is 9.71. The molecule has 118 valence electrons. The zero-order valence-electron chi connectivity index (χ0n) is 11.5. The first-order valence-electron chi connectivity index (χ1n) is 6.34. The fourth-order valence-corrected chi connectivity index (χ4v) is 2.67. The summed E-state index contributed by atoms with van der Waals surface area (Å²) in [6.07, 6.45) is 2.55. The van der Waals surface area contributed by atoms with Crippen LogP contribution in [0.15, 0.2) is 12.5 Å². The van der Waals surface area contributed by atoms with Crippen LogP contribution >= 0.6 is 0 Å². The lowest BCUT2D eigenvalue weighted by molar-refractivity contribution is -0.107. The lowest BCUT2D eigenvalue weighted by atomic mass is 9.88. The predicted octanol–water partition coefficient (Wildman–Crippen LogP) is -2.10. The smallest absolute Gasteiger partial charge is 0.272 e. The quantitative estimate of drug-likeness (QED) is 0.502. The molecule has 1 aromatic heterocycles. The number of piperidine rings is 1. The molecular formula is C11H18N4O5S.